The summed E-state index contributed by atoms with van der Waals surface area (Å²) in [5, 5.41) is 7.14. The summed E-state index contributed by atoms with van der Waals surface area (Å²) in [6.45, 7) is 8.39. The summed E-state index contributed by atoms with van der Waals surface area (Å²) in [4.78, 5) is 13.4. The van der Waals surface area contributed by atoms with Gasteiger partial charge >= 0.3 is 0 Å². The van der Waals surface area contributed by atoms with Gasteiger partial charge in [-0.3, -0.25) is 4.79 Å². The molecule has 1 aromatic carbocycles. The molecule has 0 aliphatic carbocycles. The molecule has 5 heteroatoms. The van der Waals surface area contributed by atoms with Gasteiger partial charge in [-0.1, -0.05) is 31.5 Å². The highest BCUT2D eigenvalue weighted by Crippen LogP contribution is 2.29. The molecule has 21 heavy (non-hydrogen) atoms. The molecular weight excluding hydrogens is 286 g/mol. The van der Waals surface area contributed by atoms with Crippen molar-refractivity contribution in [3.8, 4) is 0 Å². The van der Waals surface area contributed by atoms with Crippen molar-refractivity contribution in [1.82, 2.24) is 10.6 Å². The van der Waals surface area contributed by atoms with Gasteiger partial charge in [0.25, 0.3) is 0 Å². The summed E-state index contributed by atoms with van der Waals surface area (Å²) in [5.41, 5.74) is 2.24. The Labute approximate surface area is 131 Å². The minimum Gasteiger partial charge on any atom is -0.368 e. The van der Waals surface area contributed by atoms with Crippen LogP contribution in [0.15, 0.2) is 18.2 Å². The predicted molar refractivity (Wildman–Crippen MR) is 87.9 cm³/mol. The van der Waals surface area contributed by atoms with Crippen LogP contribution in [0.5, 0.6) is 0 Å². The standard InChI is InChI=1S/C16H24ClN3O/c1-11(2)18-9-13-4-5-16(15(17)8-13)20-7-6-14(10-20)19-12(3)21/h4-5,8,11,14,18H,6-7,9-10H2,1-3H3,(H,19,21). The Morgan fingerprint density at radius 2 is 2.24 bits per heavy atom. The number of hydrogen-bond acceptors (Lipinski definition) is 3. The van der Waals surface area contributed by atoms with E-state index in [0.717, 1.165) is 36.8 Å². The highest BCUT2D eigenvalue weighted by Gasteiger charge is 2.24. The van der Waals surface area contributed by atoms with E-state index < -0.39 is 0 Å². The third-order valence-corrected chi connectivity index (χ3v) is 3.97. The topological polar surface area (TPSA) is 44.4 Å². The maximum atomic E-state index is 11.1. The first kappa shape index (κ1) is 16.1. The highest BCUT2D eigenvalue weighted by atomic mass is 35.5. The second-order valence-corrected chi connectivity index (χ2v) is 6.36. The van der Waals surface area contributed by atoms with E-state index in [-0.39, 0.29) is 11.9 Å². The number of rotatable bonds is 5. The zero-order chi connectivity index (χ0) is 15.4. The van der Waals surface area contributed by atoms with Gasteiger partial charge in [-0.25, -0.2) is 0 Å². The molecule has 1 aliphatic heterocycles. The van der Waals surface area contributed by atoms with Crippen molar-refractivity contribution in [2.75, 3.05) is 18.0 Å². The highest BCUT2D eigenvalue weighted by molar-refractivity contribution is 6.33. The average Bonchev–Trinajstić information content (AvgIpc) is 2.83. The van der Waals surface area contributed by atoms with E-state index in [1.807, 2.05) is 6.07 Å². The van der Waals surface area contributed by atoms with Crippen molar-refractivity contribution < 1.29 is 4.79 Å². The number of anilines is 1. The molecule has 1 amide bonds. The second-order valence-electron chi connectivity index (χ2n) is 5.95. The zero-order valence-corrected chi connectivity index (χ0v) is 13.7. The van der Waals surface area contributed by atoms with E-state index >= 15 is 0 Å². The van der Waals surface area contributed by atoms with Crippen LogP contribution in [0.2, 0.25) is 5.02 Å². The molecule has 4 nitrogen and oxygen atoms in total. The van der Waals surface area contributed by atoms with Crippen LogP contribution in [0.25, 0.3) is 0 Å². The van der Waals surface area contributed by atoms with E-state index in [1.165, 1.54) is 5.56 Å². The Balaban J connectivity index is 1.99. The van der Waals surface area contributed by atoms with Gasteiger partial charge in [-0.2, -0.15) is 0 Å². The fourth-order valence-electron chi connectivity index (χ4n) is 2.62. The maximum Gasteiger partial charge on any atom is 0.217 e. The van der Waals surface area contributed by atoms with Crippen LogP contribution in [0.4, 0.5) is 5.69 Å². The Hall–Kier alpha value is -1.26. The summed E-state index contributed by atoms with van der Waals surface area (Å²) in [5.74, 6) is 0.0306. The molecule has 2 rings (SSSR count). The predicted octanol–water partition coefficient (Wildman–Crippen LogP) is 2.55. The lowest BCUT2D eigenvalue weighted by molar-refractivity contribution is -0.119. The number of amides is 1. The molecule has 1 fully saturated rings. The molecule has 116 valence electrons. The lowest BCUT2D eigenvalue weighted by Crippen LogP contribution is -2.35. The normalized spacial score (nSPS) is 18.3. The molecule has 1 aromatic rings. The van der Waals surface area contributed by atoms with E-state index in [0.29, 0.717) is 6.04 Å². The molecule has 1 heterocycles. The van der Waals surface area contributed by atoms with Crippen LogP contribution in [0.3, 0.4) is 0 Å². The molecule has 1 aliphatic rings. The van der Waals surface area contributed by atoms with Gasteiger partial charge in [-0.15, -0.1) is 0 Å². The molecule has 2 N–H and O–H groups in total. The van der Waals surface area contributed by atoms with E-state index in [1.54, 1.807) is 6.92 Å². The number of carbonyl (C=O) groups excluding carboxylic acids is 1. The SMILES string of the molecule is CC(=O)NC1CCN(c2ccc(CNC(C)C)cc2Cl)C1. The molecule has 1 saturated heterocycles. The maximum absolute atomic E-state index is 11.1. The molecule has 1 atom stereocenters. The van der Waals surface area contributed by atoms with E-state index in [2.05, 4.69) is 41.5 Å². The van der Waals surface area contributed by atoms with Gasteiger partial charge < -0.3 is 15.5 Å². The summed E-state index contributed by atoms with van der Waals surface area (Å²) in [6, 6.07) is 6.90. The molecular formula is C16H24ClN3O. The van der Waals surface area contributed by atoms with Gasteiger partial charge in [0.1, 0.15) is 0 Å². The summed E-state index contributed by atoms with van der Waals surface area (Å²) in [7, 11) is 0. The lowest BCUT2D eigenvalue weighted by atomic mass is 10.2. The van der Waals surface area contributed by atoms with Crippen molar-refractivity contribution >= 4 is 23.2 Å². The molecule has 0 bridgehead atoms. The second kappa shape index (κ2) is 7.14. The molecule has 0 aromatic heterocycles. The zero-order valence-electron chi connectivity index (χ0n) is 12.9. The molecule has 0 spiro atoms. The van der Waals surface area contributed by atoms with Crippen LogP contribution in [0, 0.1) is 0 Å². The Morgan fingerprint density at radius 1 is 1.48 bits per heavy atom. The van der Waals surface area contributed by atoms with Crippen molar-refractivity contribution in [2.45, 2.75) is 45.8 Å². The quantitative estimate of drug-likeness (QED) is 0.878. The number of nitrogens with zero attached hydrogens (tertiary/aromatic N) is 1. The Morgan fingerprint density at radius 3 is 2.86 bits per heavy atom. The van der Waals surface area contributed by atoms with Crippen LogP contribution in [-0.4, -0.2) is 31.1 Å². The number of benzene rings is 1. The van der Waals surface area contributed by atoms with Gasteiger partial charge in [0.15, 0.2) is 0 Å². The summed E-state index contributed by atoms with van der Waals surface area (Å²) in [6.07, 6.45) is 0.965. The largest absolute Gasteiger partial charge is 0.368 e. The minimum atomic E-state index is 0.0306. The van der Waals surface area contributed by atoms with Crippen molar-refractivity contribution in [1.29, 1.82) is 0 Å². The monoisotopic (exact) mass is 309 g/mol. The molecule has 0 saturated carbocycles. The molecule has 1 unspecified atom stereocenters. The first-order valence-electron chi connectivity index (χ1n) is 7.49. The fourth-order valence-corrected chi connectivity index (χ4v) is 2.95. The number of carbonyl (C=O) groups is 1. The summed E-state index contributed by atoms with van der Waals surface area (Å²) >= 11 is 6.42. The van der Waals surface area contributed by atoms with Crippen LogP contribution in [0.1, 0.15) is 32.8 Å². The third kappa shape index (κ3) is 4.61. The first-order chi connectivity index (χ1) is 9.95. The Bertz CT molecular complexity index is 504. The molecule has 0 radical (unpaired) electrons. The van der Waals surface area contributed by atoms with Crippen LogP contribution in [-0.2, 0) is 11.3 Å². The van der Waals surface area contributed by atoms with Crippen molar-refractivity contribution in [3.05, 3.63) is 28.8 Å². The Kier molecular flexibility index (Phi) is 5.48. The first-order valence-corrected chi connectivity index (χ1v) is 7.87. The lowest BCUT2D eigenvalue weighted by Gasteiger charge is -2.21. The third-order valence-electron chi connectivity index (χ3n) is 3.66. The van der Waals surface area contributed by atoms with Crippen molar-refractivity contribution in [3.63, 3.8) is 0 Å². The van der Waals surface area contributed by atoms with E-state index in [9.17, 15) is 4.79 Å². The smallest absolute Gasteiger partial charge is 0.217 e. The van der Waals surface area contributed by atoms with Gasteiger partial charge in [0.2, 0.25) is 5.91 Å². The fraction of sp³-hybridized carbons (Fsp3) is 0.562. The minimum absolute atomic E-state index is 0.0306. The van der Waals surface area contributed by atoms with Crippen LogP contribution >= 0.6 is 11.6 Å². The van der Waals surface area contributed by atoms with Gasteiger partial charge in [0, 0.05) is 38.6 Å². The number of hydrogen-bond donors (Lipinski definition) is 2. The van der Waals surface area contributed by atoms with Crippen molar-refractivity contribution in [2.24, 2.45) is 0 Å². The summed E-state index contributed by atoms with van der Waals surface area (Å²) < 4.78 is 0. The van der Waals surface area contributed by atoms with Gasteiger partial charge in [0.05, 0.1) is 10.7 Å². The number of halogens is 1. The van der Waals surface area contributed by atoms with Gasteiger partial charge in [-0.05, 0) is 24.1 Å². The average molecular weight is 310 g/mol. The number of nitrogens with one attached hydrogen (secondary N) is 2. The van der Waals surface area contributed by atoms with E-state index in [4.69, 9.17) is 11.6 Å². The van der Waals surface area contributed by atoms with Crippen LogP contribution < -0.4 is 15.5 Å².